The third-order valence-corrected chi connectivity index (χ3v) is 3.16. The molecule has 1 aromatic carbocycles. The maximum atomic E-state index is 4.31. The van der Waals surface area contributed by atoms with E-state index >= 15 is 0 Å². The minimum absolute atomic E-state index is 0.662. The van der Waals surface area contributed by atoms with Crippen molar-refractivity contribution in [2.45, 2.75) is 6.92 Å². The zero-order valence-electron chi connectivity index (χ0n) is 8.07. The number of hydrogen-bond donors (Lipinski definition) is 0. The summed E-state index contributed by atoms with van der Waals surface area (Å²) >= 11 is 0. The molecule has 2 rings (SSSR count). The third kappa shape index (κ3) is 2.40. The molecule has 1 unspecified atom stereocenters. The Balaban J connectivity index is 2.16. The Hall–Kier alpha value is -1.20. The zero-order valence-corrected chi connectivity index (χ0v) is 9.07. The summed E-state index contributed by atoms with van der Waals surface area (Å²) in [4.78, 5) is 4.31. The Kier molecular flexibility index (Phi) is 2.90. The molecule has 0 spiro atoms. The molecular formula is C12H12NP. The van der Waals surface area contributed by atoms with E-state index in [4.69, 9.17) is 0 Å². The monoisotopic (exact) mass is 201 g/mol. The number of aryl methyl sites for hydroxylation is 1. The van der Waals surface area contributed by atoms with Crippen molar-refractivity contribution in [1.29, 1.82) is 0 Å². The SMILES string of the molecule is Cc1ccc(Pc2ccccn2)cc1. The summed E-state index contributed by atoms with van der Waals surface area (Å²) in [7, 11) is 0.662. The van der Waals surface area contributed by atoms with Crippen molar-refractivity contribution in [1.82, 2.24) is 4.98 Å². The highest BCUT2D eigenvalue weighted by molar-refractivity contribution is 7.55. The van der Waals surface area contributed by atoms with E-state index < -0.39 is 0 Å². The standard InChI is InChI=1S/C12H12NP/c1-10-5-7-11(8-6-10)14-12-4-2-3-9-13-12/h2-9,14H,1H3. The van der Waals surface area contributed by atoms with Crippen molar-refractivity contribution in [3.05, 3.63) is 54.2 Å². The van der Waals surface area contributed by atoms with Gasteiger partial charge in [-0.15, -0.1) is 0 Å². The lowest BCUT2D eigenvalue weighted by Gasteiger charge is -2.00. The molecule has 0 saturated carbocycles. The fourth-order valence-corrected chi connectivity index (χ4v) is 2.17. The predicted octanol–water partition coefficient (Wildman–Crippen LogP) is 2.02. The lowest BCUT2D eigenvalue weighted by atomic mass is 10.2. The van der Waals surface area contributed by atoms with Crippen molar-refractivity contribution in [2.24, 2.45) is 0 Å². The van der Waals surface area contributed by atoms with Crippen molar-refractivity contribution < 1.29 is 0 Å². The molecule has 0 amide bonds. The molecule has 0 aliphatic rings. The maximum Gasteiger partial charge on any atom is 0.0645 e. The van der Waals surface area contributed by atoms with E-state index in [-0.39, 0.29) is 0 Å². The largest absolute Gasteiger partial charge is 0.256 e. The number of hydrogen-bond acceptors (Lipinski definition) is 1. The van der Waals surface area contributed by atoms with Gasteiger partial charge in [-0.1, -0.05) is 35.9 Å². The van der Waals surface area contributed by atoms with Crippen molar-refractivity contribution in [2.75, 3.05) is 0 Å². The summed E-state index contributed by atoms with van der Waals surface area (Å²) in [5.41, 5.74) is 2.45. The van der Waals surface area contributed by atoms with Crippen LogP contribution in [0.25, 0.3) is 0 Å². The van der Waals surface area contributed by atoms with Crippen LogP contribution in [0.3, 0.4) is 0 Å². The van der Waals surface area contributed by atoms with E-state index in [1.807, 2.05) is 18.3 Å². The van der Waals surface area contributed by atoms with Crippen LogP contribution in [0.2, 0.25) is 0 Å². The van der Waals surface area contributed by atoms with Gasteiger partial charge < -0.3 is 0 Å². The summed E-state index contributed by atoms with van der Waals surface area (Å²) in [5.74, 6) is 0. The number of nitrogens with zero attached hydrogens (tertiary/aromatic N) is 1. The second kappa shape index (κ2) is 4.34. The minimum atomic E-state index is 0.662. The van der Waals surface area contributed by atoms with Crippen LogP contribution in [-0.4, -0.2) is 4.98 Å². The Morgan fingerprint density at radius 1 is 1.00 bits per heavy atom. The average molecular weight is 201 g/mol. The topological polar surface area (TPSA) is 12.9 Å². The number of pyridine rings is 1. The van der Waals surface area contributed by atoms with Crippen LogP contribution in [-0.2, 0) is 0 Å². The van der Waals surface area contributed by atoms with E-state index in [9.17, 15) is 0 Å². The Morgan fingerprint density at radius 3 is 2.43 bits per heavy atom. The Bertz CT molecular complexity index is 394. The van der Waals surface area contributed by atoms with E-state index in [0.29, 0.717) is 8.58 Å². The van der Waals surface area contributed by atoms with Crippen LogP contribution in [0.5, 0.6) is 0 Å². The molecule has 2 heteroatoms. The highest BCUT2D eigenvalue weighted by atomic mass is 31.1. The van der Waals surface area contributed by atoms with E-state index in [2.05, 4.69) is 42.2 Å². The molecule has 0 aliphatic carbocycles. The van der Waals surface area contributed by atoms with Gasteiger partial charge in [-0.2, -0.15) is 0 Å². The Labute approximate surface area is 86.0 Å². The van der Waals surface area contributed by atoms with Gasteiger partial charge in [0.25, 0.3) is 0 Å². The van der Waals surface area contributed by atoms with Crippen molar-refractivity contribution >= 4 is 19.3 Å². The van der Waals surface area contributed by atoms with Gasteiger partial charge in [0.1, 0.15) is 0 Å². The molecule has 1 atom stereocenters. The van der Waals surface area contributed by atoms with Crippen LogP contribution >= 0.6 is 8.58 Å². The van der Waals surface area contributed by atoms with Crippen LogP contribution in [0.15, 0.2) is 48.7 Å². The van der Waals surface area contributed by atoms with Gasteiger partial charge in [0.05, 0.1) is 5.44 Å². The van der Waals surface area contributed by atoms with Gasteiger partial charge in [-0.3, -0.25) is 4.98 Å². The molecule has 70 valence electrons. The third-order valence-electron chi connectivity index (χ3n) is 1.99. The number of benzene rings is 1. The van der Waals surface area contributed by atoms with Crippen molar-refractivity contribution in [3.63, 3.8) is 0 Å². The molecule has 0 saturated heterocycles. The molecule has 0 fully saturated rings. The summed E-state index contributed by atoms with van der Waals surface area (Å²) in [6.45, 7) is 2.10. The highest BCUT2D eigenvalue weighted by Gasteiger charge is 1.95. The average Bonchev–Trinajstić information content (AvgIpc) is 2.23. The van der Waals surface area contributed by atoms with Gasteiger partial charge in [0.2, 0.25) is 0 Å². The molecule has 1 aromatic heterocycles. The van der Waals surface area contributed by atoms with Gasteiger partial charge in [0.15, 0.2) is 0 Å². The first kappa shape index (κ1) is 9.36. The maximum absolute atomic E-state index is 4.31. The second-order valence-electron chi connectivity index (χ2n) is 3.21. The molecule has 0 bridgehead atoms. The first-order chi connectivity index (χ1) is 6.84. The number of aromatic nitrogens is 1. The van der Waals surface area contributed by atoms with Crippen LogP contribution in [0.4, 0.5) is 0 Å². The minimum Gasteiger partial charge on any atom is -0.256 e. The van der Waals surface area contributed by atoms with Gasteiger partial charge in [0, 0.05) is 6.20 Å². The van der Waals surface area contributed by atoms with Crippen LogP contribution in [0.1, 0.15) is 5.56 Å². The lowest BCUT2D eigenvalue weighted by Crippen LogP contribution is -2.05. The summed E-state index contributed by atoms with van der Waals surface area (Å²) in [6, 6.07) is 14.7. The molecule has 0 N–H and O–H groups in total. The predicted molar refractivity (Wildman–Crippen MR) is 63.0 cm³/mol. The molecule has 2 aromatic rings. The highest BCUT2D eigenvalue weighted by Crippen LogP contribution is 2.08. The molecule has 1 nitrogen and oxygen atoms in total. The van der Waals surface area contributed by atoms with Crippen molar-refractivity contribution in [3.8, 4) is 0 Å². The fourth-order valence-electron chi connectivity index (χ4n) is 1.22. The summed E-state index contributed by atoms with van der Waals surface area (Å²) in [5, 5.41) is 1.34. The first-order valence-corrected chi connectivity index (χ1v) is 5.59. The molecule has 1 heterocycles. The van der Waals surface area contributed by atoms with Gasteiger partial charge in [-0.05, 0) is 32.9 Å². The summed E-state index contributed by atoms with van der Waals surface area (Å²) < 4.78 is 0. The molecule has 14 heavy (non-hydrogen) atoms. The second-order valence-corrected chi connectivity index (χ2v) is 4.55. The molecule has 0 aliphatic heterocycles. The molecule has 0 radical (unpaired) electrons. The smallest absolute Gasteiger partial charge is 0.0645 e. The van der Waals surface area contributed by atoms with E-state index in [1.54, 1.807) is 0 Å². The normalized spacial score (nSPS) is 10.9. The van der Waals surface area contributed by atoms with Gasteiger partial charge >= 0.3 is 0 Å². The first-order valence-electron chi connectivity index (χ1n) is 4.59. The molecular weight excluding hydrogens is 189 g/mol. The quantitative estimate of drug-likeness (QED) is 0.677. The Morgan fingerprint density at radius 2 is 1.79 bits per heavy atom. The zero-order chi connectivity index (χ0) is 9.80. The number of rotatable bonds is 2. The lowest BCUT2D eigenvalue weighted by molar-refractivity contribution is 1.39. The fraction of sp³-hybridized carbons (Fsp3) is 0.0833. The van der Waals surface area contributed by atoms with E-state index in [0.717, 1.165) is 5.44 Å². The summed E-state index contributed by atoms with van der Waals surface area (Å²) in [6.07, 6.45) is 1.84. The van der Waals surface area contributed by atoms with Crippen LogP contribution in [0, 0.1) is 6.92 Å². The van der Waals surface area contributed by atoms with E-state index in [1.165, 1.54) is 10.9 Å². The van der Waals surface area contributed by atoms with Crippen LogP contribution < -0.4 is 10.7 Å². The van der Waals surface area contributed by atoms with Gasteiger partial charge in [-0.25, -0.2) is 0 Å².